The average molecular weight is 586 g/mol. The maximum atomic E-state index is 5.12. The highest BCUT2D eigenvalue weighted by atomic mass is 14.7. The minimum atomic E-state index is 1.000. The molecule has 2 aromatic rings. The van der Waals surface area contributed by atoms with Gasteiger partial charge in [-0.15, -0.1) is 0 Å². The van der Waals surface area contributed by atoms with Crippen molar-refractivity contribution in [3.63, 3.8) is 0 Å². The van der Waals surface area contributed by atoms with Crippen LogP contribution in [0.3, 0.4) is 0 Å². The lowest BCUT2D eigenvalue weighted by atomic mass is 9.88. The molecule has 0 aliphatic rings. The Labute approximate surface area is 268 Å². The van der Waals surface area contributed by atoms with Crippen LogP contribution in [0.15, 0.2) is 47.0 Å². The van der Waals surface area contributed by atoms with Crippen LogP contribution in [0.4, 0.5) is 5.69 Å². The Balaban J connectivity index is 2.26. The third-order valence-electron chi connectivity index (χ3n) is 9.13. The second-order valence-electron chi connectivity index (χ2n) is 12.9. The lowest BCUT2D eigenvalue weighted by Crippen LogP contribution is -2.03. The summed E-state index contributed by atoms with van der Waals surface area (Å²) >= 11 is 0. The van der Waals surface area contributed by atoms with Crippen molar-refractivity contribution in [2.75, 3.05) is 0 Å². The molecule has 0 heterocycles. The van der Waals surface area contributed by atoms with Gasteiger partial charge in [-0.3, -0.25) is 4.99 Å². The first kappa shape index (κ1) is 37.0. The Kier molecular flexibility index (Phi) is 20.0. The number of rotatable bonds is 24. The maximum Gasteiger partial charge on any atom is 0.0635 e. The minimum absolute atomic E-state index is 1.000. The molecule has 0 unspecified atom stereocenters. The van der Waals surface area contributed by atoms with E-state index >= 15 is 0 Å². The van der Waals surface area contributed by atoms with Gasteiger partial charge in [0.2, 0.25) is 0 Å². The van der Waals surface area contributed by atoms with Gasteiger partial charge in [-0.25, -0.2) is 0 Å². The van der Waals surface area contributed by atoms with Crippen molar-refractivity contribution in [3.8, 4) is 0 Å². The van der Waals surface area contributed by atoms with Crippen molar-refractivity contribution < 1.29 is 0 Å². The Morgan fingerprint density at radius 2 is 1.16 bits per heavy atom. The van der Waals surface area contributed by atoms with Gasteiger partial charge in [-0.1, -0.05) is 142 Å². The Hall–Kier alpha value is -2.15. The van der Waals surface area contributed by atoms with E-state index in [1.807, 2.05) is 0 Å². The first-order valence-electron chi connectivity index (χ1n) is 18.6. The molecule has 0 bridgehead atoms. The van der Waals surface area contributed by atoms with Gasteiger partial charge in [0.05, 0.1) is 5.69 Å². The summed E-state index contributed by atoms with van der Waals surface area (Å²) < 4.78 is 0. The number of benzene rings is 2. The predicted octanol–water partition coefficient (Wildman–Crippen LogP) is 13.8. The van der Waals surface area contributed by atoms with Crippen LogP contribution in [0.1, 0.15) is 179 Å². The fourth-order valence-corrected chi connectivity index (χ4v) is 6.41. The van der Waals surface area contributed by atoms with Crippen molar-refractivity contribution in [3.05, 3.63) is 69.8 Å². The van der Waals surface area contributed by atoms with Crippen LogP contribution in [0.5, 0.6) is 0 Å². The normalized spacial score (nSPS) is 12.3. The number of aliphatic imine (C=N–C) groups is 1. The van der Waals surface area contributed by atoms with Crippen LogP contribution < -0.4 is 0 Å². The summed E-state index contributed by atoms with van der Waals surface area (Å²) in [5.41, 5.74) is 11.3. The molecule has 2 rings (SSSR count). The summed E-state index contributed by atoms with van der Waals surface area (Å²) in [7, 11) is 0. The molecule has 0 saturated heterocycles. The summed E-state index contributed by atoms with van der Waals surface area (Å²) in [5.74, 6) is 0. The standard InChI is InChI=1S/C42H67N/c1-7-12-15-18-20-23-28-40-33-37(32-39(11-5)42(40)30-24-21-19-16-13-8-2)31-38(10-4)35(6)43-41-29-25-27-36(34-41)26-22-17-14-9-3/h25,27,29,31-34H,7-24,26,28,30H2,1-6H3. The van der Waals surface area contributed by atoms with Crippen molar-refractivity contribution in [2.45, 2.75) is 176 Å². The molecule has 0 fully saturated rings. The molecule has 240 valence electrons. The molecule has 43 heavy (non-hydrogen) atoms. The van der Waals surface area contributed by atoms with Crippen LogP contribution in [0, 0.1) is 0 Å². The van der Waals surface area contributed by atoms with Gasteiger partial charge >= 0.3 is 0 Å². The van der Waals surface area contributed by atoms with Crippen molar-refractivity contribution in [1.82, 2.24) is 0 Å². The summed E-state index contributed by atoms with van der Waals surface area (Å²) in [6.45, 7) is 13.7. The zero-order valence-electron chi connectivity index (χ0n) is 29.3. The van der Waals surface area contributed by atoms with E-state index < -0.39 is 0 Å². The fraction of sp³-hybridized carbons (Fsp3) is 0.643. The van der Waals surface area contributed by atoms with Gasteiger partial charge < -0.3 is 0 Å². The fourth-order valence-electron chi connectivity index (χ4n) is 6.41. The summed E-state index contributed by atoms with van der Waals surface area (Å²) in [4.78, 5) is 5.12. The van der Waals surface area contributed by atoms with Crippen molar-refractivity contribution in [1.29, 1.82) is 0 Å². The number of hydrogen-bond donors (Lipinski definition) is 0. The second-order valence-corrected chi connectivity index (χ2v) is 12.9. The molecule has 1 heteroatoms. The smallest absolute Gasteiger partial charge is 0.0635 e. The quantitative estimate of drug-likeness (QED) is 0.0858. The van der Waals surface area contributed by atoms with Crippen LogP contribution in [-0.4, -0.2) is 5.71 Å². The molecule has 2 aromatic carbocycles. The van der Waals surface area contributed by atoms with Crippen LogP contribution >= 0.6 is 0 Å². The van der Waals surface area contributed by atoms with Crippen LogP contribution in [0.2, 0.25) is 0 Å². The number of nitrogens with zero attached hydrogens (tertiary/aromatic N) is 1. The monoisotopic (exact) mass is 586 g/mol. The Morgan fingerprint density at radius 3 is 1.79 bits per heavy atom. The Morgan fingerprint density at radius 1 is 0.605 bits per heavy atom. The van der Waals surface area contributed by atoms with Crippen molar-refractivity contribution >= 4 is 17.5 Å². The minimum Gasteiger partial charge on any atom is -0.253 e. The van der Waals surface area contributed by atoms with E-state index in [-0.39, 0.29) is 0 Å². The Bertz CT molecular complexity index is 1070. The number of unbranched alkanes of at least 4 members (excludes halogenated alkanes) is 13. The van der Waals surface area contributed by atoms with Crippen LogP contribution in [-0.2, 0) is 25.7 Å². The largest absolute Gasteiger partial charge is 0.253 e. The molecule has 0 amide bonds. The van der Waals surface area contributed by atoms with Gasteiger partial charge in [0.1, 0.15) is 0 Å². The van der Waals surface area contributed by atoms with Gasteiger partial charge in [0.25, 0.3) is 0 Å². The molecular formula is C42H67N. The van der Waals surface area contributed by atoms with Gasteiger partial charge in [0.15, 0.2) is 0 Å². The molecule has 0 aromatic heterocycles. The number of hydrogen-bond acceptors (Lipinski definition) is 1. The van der Waals surface area contributed by atoms with E-state index in [1.54, 1.807) is 16.7 Å². The van der Waals surface area contributed by atoms with Gasteiger partial charge in [-0.2, -0.15) is 0 Å². The predicted molar refractivity (Wildman–Crippen MR) is 195 cm³/mol. The van der Waals surface area contributed by atoms with E-state index in [1.165, 1.54) is 132 Å². The van der Waals surface area contributed by atoms with E-state index in [0.717, 1.165) is 30.7 Å². The molecule has 1 nitrogen and oxygen atoms in total. The molecule has 0 spiro atoms. The third-order valence-corrected chi connectivity index (χ3v) is 9.13. The first-order valence-corrected chi connectivity index (χ1v) is 18.6. The molecule has 0 radical (unpaired) electrons. The van der Waals surface area contributed by atoms with E-state index in [4.69, 9.17) is 4.99 Å². The molecule has 0 saturated carbocycles. The van der Waals surface area contributed by atoms with E-state index in [2.05, 4.69) is 84.0 Å². The van der Waals surface area contributed by atoms with Crippen molar-refractivity contribution in [2.24, 2.45) is 4.99 Å². The average Bonchev–Trinajstić information content (AvgIpc) is 3.02. The highest BCUT2D eigenvalue weighted by Crippen LogP contribution is 2.27. The summed E-state index contributed by atoms with van der Waals surface area (Å²) in [6, 6.07) is 13.9. The SMILES string of the molecule is CCCCCCCCc1cc(C=C(CC)C(C)=Nc2cccc(CCCCCC)c2)cc(CC)c1CCCCCCCC. The summed E-state index contributed by atoms with van der Waals surface area (Å²) in [6.07, 6.45) is 29.8. The van der Waals surface area contributed by atoms with Gasteiger partial charge in [-0.05, 0) is 110 Å². The second kappa shape index (κ2) is 23.3. The highest BCUT2D eigenvalue weighted by Gasteiger charge is 2.11. The molecular weight excluding hydrogens is 518 g/mol. The molecule has 0 aliphatic heterocycles. The third kappa shape index (κ3) is 14.9. The zero-order chi connectivity index (χ0) is 31.1. The topological polar surface area (TPSA) is 12.4 Å². The van der Waals surface area contributed by atoms with Crippen LogP contribution in [0.25, 0.3) is 6.08 Å². The zero-order valence-corrected chi connectivity index (χ0v) is 29.3. The first-order chi connectivity index (χ1) is 21.1. The molecule has 0 aliphatic carbocycles. The molecule has 0 N–H and O–H groups in total. The van der Waals surface area contributed by atoms with E-state index in [9.17, 15) is 0 Å². The molecule has 0 atom stereocenters. The lowest BCUT2D eigenvalue weighted by molar-refractivity contribution is 0.598. The van der Waals surface area contributed by atoms with E-state index in [0.29, 0.717) is 0 Å². The maximum absolute atomic E-state index is 5.12. The number of allylic oxidation sites excluding steroid dienone is 1. The lowest BCUT2D eigenvalue weighted by Gasteiger charge is -2.17. The summed E-state index contributed by atoms with van der Waals surface area (Å²) in [5, 5.41) is 0. The highest BCUT2D eigenvalue weighted by molar-refractivity contribution is 6.03. The number of aryl methyl sites for hydroxylation is 3. The van der Waals surface area contributed by atoms with Gasteiger partial charge in [0, 0.05) is 5.71 Å².